The number of carbonyl (C=O) groups excluding carboxylic acids is 1. The van der Waals surface area contributed by atoms with E-state index in [1.54, 1.807) is 6.07 Å². The van der Waals surface area contributed by atoms with Gasteiger partial charge in [0.2, 0.25) is 5.13 Å². The van der Waals surface area contributed by atoms with E-state index in [1.807, 2.05) is 25.1 Å². The van der Waals surface area contributed by atoms with Gasteiger partial charge in [-0.2, -0.15) is 0 Å². The molecule has 0 fully saturated rings. The highest BCUT2D eigenvalue weighted by atomic mass is 32.2. The Morgan fingerprint density at radius 1 is 1.41 bits per heavy atom. The summed E-state index contributed by atoms with van der Waals surface area (Å²) in [5, 5.41) is 10.7. The fourth-order valence-corrected chi connectivity index (χ4v) is 2.26. The zero-order valence-corrected chi connectivity index (χ0v) is 10.9. The fraction of sp³-hybridized carbons (Fsp3) is 0.182. The van der Waals surface area contributed by atoms with E-state index in [1.165, 1.54) is 11.3 Å². The monoisotopic (exact) mass is 265 g/mol. The third-order valence-corrected chi connectivity index (χ3v) is 3.28. The van der Waals surface area contributed by atoms with Gasteiger partial charge in [0.25, 0.3) is 5.91 Å². The Morgan fingerprint density at radius 2 is 2.18 bits per heavy atom. The lowest BCUT2D eigenvalue weighted by Gasteiger charge is -2.06. The summed E-state index contributed by atoms with van der Waals surface area (Å²) in [6.45, 7) is 2.02. The number of nitrogens with zero attached hydrogens (tertiary/aromatic N) is 2. The third-order valence-electron chi connectivity index (χ3n) is 2.28. The van der Waals surface area contributed by atoms with Crippen LogP contribution in [0.2, 0.25) is 0 Å². The van der Waals surface area contributed by atoms with Gasteiger partial charge in [0.1, 0.15) is 0 Å². The zero-order chi connectivity index (χ0) is 12.3. The molecule has 1 heterocycles. The minimum atomic E-state index is -0.160. The Hall–Kier alpha value is -1.40. The van der Waals surface area contributed by atoms with E-state index in [2.05, 4.69) is 28.1 Å². The molecule has 1 aromatic heterocycles. The van der Waals surface area contributed by atoms with Crippen LogP contribution < -0.4 is 5.32 Å². The lowest BCUT2D eigenvalue weighted by atomic mass is 10.1. The van der Waals surface area contributed by atoms with Gasteiger partial charge in [-0.25, -0.2) is 0 Å². The van der Waals surface area contributed by atoms with Crippen LogP contribution in [0, 0.1) is 0 Å². The highest BCUT2D eigenvalue weighted by Crippen LogP contribution is 2.19. The first kappa shape index (κ1) is 12.1. The van der Waals surface area contributed by atoms with Gasteiger partial charge < -0.3 is 0 Å². The number of rotatable bonds is 3. The molecule has 0 aliphatic heterocycles. The number of anilines is 1. The van der Waals surface area contributed by atoms with E-state index in [0.717, 1.165) is 12.0 Å². The quantitative estimate of drug-likeness (QED) is 0.662. The fourth-order valence-electron chi connectivity index (χ4n) is 1.48. The molecule has 0 saturated heterocycles. The number of aromatic nitrogens is 2. The number of amides is 1. The van der Waals surface area contributed by atoms with Gasteiger partial charge in [-0.1, -0.05) is 36.5 Å². The normalized spacial score (nSPS) is 10.2. The van der Waals surface area contributed by atoms with E-state index in [4.69, 9.17) is 0 Å². The largest absolute Gasteiger partial charge is 0.296 e. The lowest BCUT2D eigenvalue weighted by Crippen LogP contribution is -2.13. The van der Waals surface area contributed by atoms with E-state index < -0.39 is 0 Å². The molecule has 6 heteroatoms. The van der Waals surface area contributed by atoms with Crippen molar-refractivity contribution in [2.75, 3.05) is 5.32 Å². The van der Waals surface area contributed by atoms with E-state index >= 15 is 0 Å². The van der Waals surface area contributed by atoms with Crippen molar-refractivity contribution in [3.05, 3.63) is 35.4 Å². The van der Waals surface area contributed by atoms with Crippen LogP contribution in [0.1, 0.15) is 22.8 Å². The van der Waals surface area contributed by atoms with Crippen LogP contribution in [0.15, 0.2) is 28.6 Å². The Balaban J connectivity index is 2.20. The van der Waals surface area contributed by atoms with Crippen LogP contribution in [-0.4, -0.2) is 16.1 Å². The van der Waals surface area contributed by atoms with Crippen molar-refractivity contribution in [1.29, 1.82) is 0 Å². The first-order valence-electron chi connectivity index (χ1n) is 5.12. The average Bonchev–Trinajstić information content (AvgIpc) is 2.74. The topological polar surface area (TPSA) is 54.9 Å². The highest BCUT2D eigenvalue weighted by molar-refractivity contribution is 7.82. The molecule has 0 unspecified atom stereocenters. The van der Waals surface area contributed by atoms with Gasteiger partial charge in [0.05, 0.1) is 0 Å². The lowest BCUT2D eigenvalue weighted by molar-refractivity contribution is 0.102. The predicted molar refractivity (Wildman–Crippen MR) is 70.9 cm³/mol. The summed E-state index contributed by atoms with van der Waals surface area (Å²) in [4.78, 5) is 12.0. The van der Waals surface area contributed by atoms with Crippen LogP contribution in [0.3, 0.4) is 0 Å². The minimum absolute atomic E-state index is 0.160. The van der Waals surface area contributed by atoms with Crippen LogP contribution in [0.25, 0.3) is 0 Å². The third kappa shape index (κ3) is 2.83. The van der Waals surface area contributed by atoms with E-state index in [9.17, 15) is 4.79 Å². The molecule has 2 rings (SSSR count). The molecule has 0 aliphatic carbocycles. The summed E-state index contributed by atoms with van der Waals surface area (Å²) in [6, 6.07) is 7.51. The summed E-state index contributed by atoms with van der Waals surface area (Å²) >= 11 is 5.28. The van der Waals surface area contributed by atoms with Gasteiger partial charge in [0, 0.05) is 5.56 Å². The Bertz CT molecular complexity index is 539. The van der Waals surface area contributed by atoms with Crippen molar-refractivity contribution < 1.29 is 4.79 Å². The summed E-state index contributed by atoms with van der Waals surface area (Å²) in [5.41, 5.74) is 1.69. The zero-order valence-electron chi connectivity index (χ0n) is 9.17. The number of hydrogen-bond acceptors (Lipinski definition) is 5. The van der Waals surface area contributed by atoms with Crippen molar-refractivity contribution in [2.45, 2.75) is 17.7 Å². The molecule has 1 amide bonds. The van der Waals surface area contributed by atoms with Crippen molar-refractivity contribution in [2.24, 2.45) is 0 Å². The second-order valence-corrected chi connectivity index (χ2v) is 5.06. The molecule has 0 saturated carbocycles. The number of nitrogens with one attached hydrogen (secondary N) is 1. The van der Waals surface area contributed by atoms with Gasteiger partial charge in [-0.05, 0) is 18.1 Å². The number of carbonyl (C=O) groups is 1. The first-order chi connectivity index (χ1) is 8.20. The van der Waals surface area contributed by atoms with Crippen molar-refractivity contribution >= 4 is 35.0 Å². The second kappa shape index (κ2) is 5.29. The molecular weight excluding hydrogens is 254 g/mol. The molecule has 0 bridgehead atoms. The number of aryl methyl sites for hydroxylation is 1. The van der Waals surface area contributed by atoms with Crippen LogP contribution in [-0.2, 0) is 6.42 Å². The smallest absolute Gasteiger partial charge is 0.257 e. The molecule has 0 spiro atoms. The van der Waals surface area contributed by atoms with E-state index in [-0.39, 0.29) is 5.91 Å². The Kier molecular flexibility index (Phi) is 3.75. The maximum atomic E-state index is 12.0. The molecule has 17 heavy (non-hydrogen) atoms. The van der Waals surface area contributed by atoms with Crippen molar-refractivity contribution in [1.82, 2.24) is 10.2 Å². The van der Waals surface area contributed by atoms with Crippen LogP contribution in [0.4, 0.5) is 5.13 Å². The number of hydrogen-bond donors (Lipinski definition) is 2. The Labute approximate surface area is 108 Å². The minimum Gasteiger partial charge on any atom is -0.296 e. The molecule has 0 radical (unpaired) electrons. The molecule has 1 aromatic carbocycles. The van der Waals surface area contributed by atoms with Gasteiger partial charge in [-0.15, -0.1) is 22.8 Å². The SMILES string of the molecule is CCc1ccccc1C(=O)Nc1nnc(S)s1. The van der Waals surface area contributed by atoms with Gasteiger partial charge in [-0.3, -0.25) is 10.1 Å². The Morgan fingerprint density at radius 3 is 2.82 bits per heavy atom. The molecule has 0 aliphatic rings. The number of thiol groups is 1. The molecule has 88 valence electrons. The summed E-state index contributed by atoms with van der Waals surface area (Å²) in [6.07, 6.45) is 0.817. The van der Waals surface area contributed by atoms with Gasteiger partial charge >= 0.3 is 0 Å². The molecular formula is C11H11N3OS2. The highest BCUT2D eigenvalue weighted by Gasteiger charge is 2.11. The molecule has 4 nitrogen and oxygen atoms in total. The van der Waals surface area contributed by atoms with Crippen LogP contribution >= 0.6 is 24.0 Å². The van der Waals surface area contributed by atoms with E-state index in [0.29, 0.717) is 15.0 Å². The predicted octanol–water partition coefficient (Wildman–Crippen LogP) is 2.64. The summed E-state index contributed by atoms with van der Waals surface area (Å²) in [7, 11) is 0. The van der Waals surface area contributed by atoms with Crippen molar-refractivity contribution in [3.8, 4) is 0 Å². The molecule has 1 N–H and O–H groups in total. The molecule has 0 atom stereocenters. The first-order valence-corrected chi connectivity index (χ1v) is 6.38. The maximum Gasteiger partial charge on any atom is 0.257 e. The van der Waals surface area contributed by atoms with Gasteiger partial charge in [0.15, 0.2) is 4.34 Å². The maximum absolute atomic E-state index is 12.0. The second-order valence-electron chi connectivity index (χ2n) is 3.35. The summed E-state index contributed by atoms with van der Waals surface area (Å²) in [5.74, 6) is -0.160. The molecule has 2 aromatic rings. The van der Waals surface area contributed by atoms with Crippen molar-refractivity contribution in [3.63, 3.8) is 0 Å². The van der Waals surface area contributed by atoms with Crippen LogP contribution in [0.5, 0.6) is 0 Å². The standard InChI is InChI=1S/C11H11N3OS2/c1-2-7-5-3-4-6-8(7)9(15)12-10-13-14-11(16)17-10/h3-6H,2H2,1H3,(H,14,16)(H,12,13,15). The number of benzene rings is 1. The average molecular weight is 265 g/mol. The summed E-state index contributed by atoms with van der Waals surface area (Å²) < 4.78 is 0.532.